The predicted octanol–water partition coefficient (Wildman–Crippen LogP) is 3.07. The third kappa shape index (κ3) is 4.21. The van der Waals surface area contributed by atoms with Crippen molar-refractivity contribution < 1.29 is 28.0 Å². The van der Waals surface area contributed by atoms with Gasteiger partial charge in [0.05, 0.1) is 11.5 Å². The van der Waals surface area contributed by atoms with Crippen LogP contribution in [0.15, 0.2) is 28.8 Å². The fraction of sp³-hybridized carbons (Fsp3) is 0.476. The van der Waals surface area contributed by atoms with Crippen molar-refractivity contribution in [2.45, 2.75) is 44.2 Å². The average molecular weight is 419 g/mol. The van der Waals surface area contributed by atoms with Gasteiger partial charge in [0, 0.05) is 37.3 Å². The highest BCUT2D eigenvalue weighted by molar-refractivity contribution is 5.93. The molecule has 1 saturated carbocycles. The summed E-state index contributed by atoms with van der Waals surface area (Å²) in [5, 5.41) is 16.1. The summed E-state index contributed by atoms with van der Waals surface area (Å²) in [6.07, 6.45) is 5.04. The fourth-order valence-electron chi connectivity index (χ4n) is 4.44. The first-order valence-electron chi connectivity index (χ1n) is 10.1. The molecule has 0 radical (unpaired) electrons. The Bertz CT molecular complexity index is 942. The molecule has 2 heterocycles. The number of hydrogen-bond donors (Lipinski definition) is 2. The van der Waals surface area contributed by atoms with Crippen LogP contribution >= 0.6 is 0 Å². The van der Waals surface area contributed by atoms with E-state index in [0.29, 0.717) is 25.1 Å². The van der Waals surface area contributed by atoms with Gasteiger partial charge in [-0.05, 0) is 31.4 Å². The molecule has 2 aromatic rings. The highest BCUT2D eigenvalue weighted by Gasteiger charge is 2.38. The Morgan fingerprint density at radius 3 is 2.63 bits per heavy atom. The number of amides is 1. The van der Waals surface area contributed by atoms with Crippen molar-refractivity contribution in [2.75, 3.05) is 13.1 Å². The van der Waals surface area contributed by atoms with Crippen LogP contribution in [0.1, 0.15) is 42.6 Å². The van der Waals surface area contributed by atoms with Gasteiger partial charge in [-0.3, -0.25) is 14.5 Å². The van der Waals surface area contributed by atoms with E-state index in [1.807, 2.05) is 0 Å². The standard InChI is InChI=1S/C21H23F2N3O4/c22-12-5-6-14(16(23)9-12)19-10-18(25-30-19)20(27)24-17-7-8-26(11-15(17)21(28)29)13-3-1-2-4-13/h5-6,9-10,13,15,17H,1-4,7-8,11H2,(H,24,27)(H,28,29). The van der Waals surface area contributed by atoms with Crippen LogP contribution in [-0.2, 0) is 4.79 Å². The van der Waals surface area contributed by atoms with Crippen molar-refractivity contribution >= 4 is 11.9 Å². The van der Waals surface area contributed by atoms with Crippen LogP contribution in [0.2, 0.25) is 0 Å². The smallest absolute Gasteiger partial charge is 0.309 e. The molecule has 0 spiro atoms. The number of carbonyl (C=O) groups excluding carboxylic acids is 1. The van der Waals surface area contributed by atoms with E-state index in [1.54, 1.807) is 0 Å². The zero-order valence-corrected chi connectivity index (χ0v) is 16.3. The van der Waals surface area contributed by atoms with E-state index in [9.17, 15) is 23.5 Å². The molecule has 1 aromatic heterocycles. The maximum Gasteiger partial charge on any atom is 0.309 e. The van der Waals surface area contributed by atoms with E-state index < -0.39 is 35.5 Å². The molecular weight excluding hydrogens is 396 g/mol. The van der Waals surface area contributed by atoms with Crippen molar-refractivity contribution in [2.24, 2.45) is 5.92 Å². The molecule has 2 unspecified atom stereocenters. The molecule has 4 rings (SSSR count). The van der Waals surface area contributed by atoms with Crippen LogP contribution in [-0.4, -0.2) is 52.2 Å². The maximum atomic E-state index is 13.9. The van der Waals surface area contributed by atoms with Crippen molar-refractivity contribution in [3.8, 4) is 11.3 Å². The molecule has 2 fully saturated rings. The average Bonchev–Trinajstić information content (AvgIpc) is 3.40. The first kappa shape index (κ1) is 20.5. The molecule has 1 aliphatic carbocycles. The Hall–Kier alpha value is -2.81. The molecule has 9 heteroatoms. The fourth-order valence-corrected chi connectivity index (χ4v) is 4.44. The number of benzene rings is 1. The minimum atomic E-state index is -0.947. The summed E-state index contributed by atoms with van der Waals surface area (Å²) in [5.41, 5.74) is -0.104. The Labute approximate surface area is 172 Å². The van der Waals surface area contributed by atoms with Crippen LogP contribution in [0.3, 0.4) is 0 Å². The van der Waals surface area contributed by atoms with Gasteiger partial charge >= 0.3 is 5.97 Å². The molecule has 1 amide bonds. The molecule has 7 nitrogen and oxygen atoms in total. The SMILES string of the molecule is O=C(NC1CCN(C2CCCC2)CC1C(=O)O)c1cc(-c2ccc(F)cc2F)on1. The first-order valence-corrected chi connectivity index (χ1v) is 10.1. The largest absolute Gasteiger partial charge is 0.481 e. The second-order valence-electron chi connectivity index (χ2n) is 7.95. The van der Waals surface area contributed by atoms with Crippen molar-refractivity contribution in [1.29, 1.82) is 0 Å². The number of nitrogens with one attached hydrogen (secondary N) is 1. The van der Waals surface area contributed by atoms with Crippen molar-refractivity contribution in [1.82, 2.24) is 15.4 Å². The monoisotopic (exact) mass is 419 g/mol. The lowest BCUT2D eigenvalue weighted by atomic mass is 9.90. The van der Waals surface area contributed by atoms with Gasteiger partial charge in [-0.1, -0.05) is 18.0 Å². The molecular formula is C21H23F2N3O4. The Morgan fingerprint density at radius 2 is 1.93 bits per heavy atom. The molecule has 2 atom stereocenters. The summed E-state index contributed by atoms with van der Waals surface area (Å²) < 4.78 is 32.1. The number of nitrogens with zero attached hydrogens (tertiary/aromatic N) is 2. The number of likely N-dealkylation sites (tertiary alicyclic amines) is 1. The van der Waals surface area contributed by atoms with E-state index in [0.717, 1.165) is 25.5 Å². The highest BCUT2D eigenvalue weighted by Crippen LogP contribution is 2.29. The van der Waals surface area contributed by atoms with Gasteiger partial charge in [-0.25, -0.2) is 8.78 Å². The van der Waals surface area contributed by atoms with Crippen LogP contribution < -0.4 is 5.32 Å². The summed E-state index contributed by atoms with van der Waals surface area (Å²) in [5.74, 6) is -3.82. The zero-order valence-electron chi connectivity index (χ0n) is 16.3. The third-order valence-electron chi connectivity index (χ3n) is 6.06. The number of piperidine rings is 1. The lowest BCUT2D eigenvalue weighted by Gasteiger charge is -2.39. The number of carbonyl (C=O) groups is 2. The number of hydrogen-bond acceptors (Lipinski definition) is 5. The molecule has 1 saturated heterocycles. The molecule has 2 N–H and O–H groups in total. The van der Waals surface area contributed by atoms with Gasteiger partial charge in [0.1, 0.15) is 11.6 Å². The van der Waals surface area contributed by atoms with Crippen LogP contribution in [0.4, 0.5) is 8.78 Å². The third-order valence-corrected chi connectivity index (χ3v) is 6.06. The Morgan fingerprint density at radius 1 is 1.17 bits per heavy atom. The number of halogens is 2. The zero-order chi connectivity index (χ0) is 21.3. The first-order chi connectivity index (χ1) is 14.4. The molecule has 30 heavy (non-hydrogen) atoms. The summed E-state index contributed by atoms with van der Waals surface area (Å²) in [6.45, 7) is 1.13. The summed E-state index contributed by atoms with van der Waals surface area (Å²) >= 11 is 0. The van der Waals surface area contributed by atoms with Gasteiger partial charge < -0.3 is 14.9 Å². The normalized spacial score (nSPS) is 22.9. The molecule has 1 aromatic carbocycles. The molecule has 1 aliphatic heterocycles. The van der Waals surface area contributed by atoms with Gasteiger partial charge in [0.2, 0.25) is 0 Å². The van der Waals surface area contributed by atoms with E-state index in [1.165, 1.54) is 25.0 Å². The second-order valence-corrected chi connectivity index (χ2v) is 7.95. The van der Waals surface area contributed by atoms with Gasteiger partial charge in [0.15, 0.2) is 11.5 Å². The lowest BCUT2D eigenvalue weighted by molar-refractivity contribution is -0.145. The predicted molar refractivity (Wildman–Crippen MR) is 103 cm³/mol. The van der Waals surface area contributed by atoms with Crippen LogP contribution in [0, 0.1) is 17.6 Å². The molecule has 160 valence electrons. The number of carboxylic acid groups (broad SMARTS) is 1. The summed E-state index contributed by atoms with van der Waals surface area (Å²) in [4.78, 5) is 26.6. The summed E-state index contributed by atoms with van der Waals surface area (Å²) in [6, 6.07) is 4.15. The minimum Gasteiger partial charge on any atom is -0.481 e. The molecule has 0 bridgehead atoms. The van der Waals surface area contributed by atoms with E-state index in [-0.39, 0.29) is 17.0 Å². The van der Waals surface area contributed by atoms with Crippen molar-refractivity contribution in [3.63, 3.8) is 0 Å². The number of aromatic nitrogens is 1. The van der Waals surface area contributed by atoms with Gasteiger partial charge in [0.25, 0.3) is 5.91 Å². The number of carboxylic acids is 1. The quantitative estimate of drug-likeness (QED) is 0.773. The second kappa shape index (κ2) is 8.51. The van der Waals surface area contributed by atoms with Gasteiger partial charge in [-0.15, -0.1) is 0 Å². The number of rotatable bonds is 5. The van der Waals surface area contributed by atoms with E-state index >= 15 is 0 Å². The topological polar surface area (TPSA) is 95.7 Å². The van der Waals surface area contributed by atoms with Crippen LogP contribution in [0.25, 0.3) is 11.3 Å². The van der Waals surface area contributed by atoms with Crippen LogP contribution in [0.5, 0.6) is 0 Å². The van der Waals surface area contributed by atoms with Gasteiger partial charge in [-0.2, -0.15) is 0 Å². The lowest BCUT2D eigenvalue weighted by Crippen LogP contribution is -2.55. The minimum absolute atomic E-state index is 0.0107. The summed E-state index contributed by atoms with van der Waals surface area (Å²) in [7, 11) is 0. The number of aliphatic carboxylic acids is 1. The van der Waals surface area contributed by atoms with E-state index in [2.05, 4.69) is 15.4 Å². The maximum absolute atomic E-state index is 13.9. The Balaban J connectivity index is 1.44. The highest BCUT2D eigenvalue weighted by atomic mass is 19.1. The molecule has 2 aliphatic rings. The van der Waals surface area contributed by atoms with E-state index in [4.69, 9.17) is 4.52 Å². The Kier molecular flexibility index (Phi) is 5.80. The van der Waals surface area contributed by atoms with Crippen molar-refractivity contribution in [3.05, 3.63) is 41.6 Å².